The van der Waals surface area contributed by atoms with Gasteiger partial charge in [-0.2, -0.15) is 5.10 Å². The predicted molar refractivity (Wildman–Crippen MR) is 103 cm³/mol. The van der Waals surface area contributed by atoms with Crippen molar-refractivity contribution in [3.8, 4) is 0 Å². The van der Waals surface area contributed by atoms with Crippen molar-refractivity contribution in [3.63, 3.8) is 0 Å². The van der Waals surface area contributed by atoms with Crippen LogP contribution < -0.4 is 0 Å². The number of ether oxygens (including phenoxy) is 1. The second-order valence-corrected chi connectivity index (χ2v) is 7.30. The van der Waals surface area contributed by atoms with E-state index in [0.717, 1.165) is 18.2 Å². The maximum absolute atomic E-state index is 13.3. The number of esters is 1. The number of carbonyl (C=O) groups excluding carboxylic acids is 2. The van der Waals surface area contributed by atoms with Crippen LogP contribution in [0.15, 0.2) is 30.5 Å². The van der Waals surface area contributed by atoms with Crippen LogP contribution in [0.2, 0.25) is 0 Å². The molecule has 0 N–H and O–H groups in total. The van der Waals surface area contributed by atoms with Crippen molar-refractivity contribution in [1.29, 1.82) is 0 Å². The van der Waals surface area contributed by atoms with Crippen LogP contribution in [0.1, 0.15) is 66.1 Å². The Balaban J connectivity index is 1.88. The molecule has 1 aromatic carbocycles. The number of fused-ring (bicyclic) bond motifs is 1. The molecule has 8 heteroatoms. The van der Waals surface area contributed by atoms with Gasteiger partial charge >= 0.3 is 5.97 Å². The van der Waals surface area contributed by atoms with Crippen LogP contribution in [0, 0.1) is 11.6 Å². The molecule has 0 aliphatic rings. The van der Waals surface area contributed by atoms with Crippen molar-refractivity contribution >= 4 is 22.8 Å². The zero-order chi connectivity index (χ0) is 21.3. The van der Waals surface area contributed by atoms with E-state index in [-0.39, 0.29) is 23.1 Å². The molecule has 0 fully saturated rings. The average molecular weight is 401 g/mol. The molecular formula is C21H21F2N3O3. The minimum absolute atomic E-state index is 0.0428. The van der Waals surface area contributed by atoms with Crippen LogP contribution in [0.5, 0.6) is 0 Å². The fraction of sp³-hybridized carbons (Fsp3) is 0.333. The van der Waals surface area contributed by atoms with Crippen LogP contribution in [0.3, 0.4) is 0 Å². The summed E-state index contributed by atoms with van der Waals surface area (Å²) < 4.78 is 33.2. The number of Topliss-reactive ketones (excluding diaryl/α,β-unsaturated/α-hetero) is 1. The molecule has 0 saturated heterocycles. The fourth-order valence-electron chi connectivity index (χ4n) is 2.84. The van der Waals surface area contributed by atoms with E-state index in [1.54, 1.807) is 16.9 Å². The molecule has 2 heterocycles. The van der Waals surface area contributed by atoms with Crippen molar-refractivity contribution in [2.45, 2.75) is 39.7 Å². The lowest BCUT2D eigenvalue weighted by Crippen LogP contribution is -2.15. The van der Waals surface area contributed by atoms with Gasteiger partial charge in [0.1, 0.15) is 0 Å². The highest BCUT2D eigenvalue weighted by Crippen LogP contribution is 2.25. The van der Waals surface area contributed by atoms with E-state index in [9.17, 15) is 18.4 Å². The Hall–Kier alpha value is -3.16. The van der Waals surface area contributed by atoms with Crippen LogP contribution >= 0.6 is 0 Å². The van der Waals surface area contributed by atoms with Gasteiger partial charge in [0.05, 0.1) is 17.1 Å². The van der Waals surface area contributed by atoms with Crippen molar-refractivity contribution in [1.82, 2.24) is 14.8 Å². The Morgan fingerprint density at radius 3 is 2.45 bits per heavy atom. The van der Waals surface area contributed by atoms with Gasteiger partial charge in [0, 0.05) is 17.3 Å². The molecule has 0 aliphatic carbocycles. The summed E-state index contributed by atoms with van der Waals surface area (Å²) >= 11 is 0. The van der Waals surface area contributed by atoms with Gasteiger partial charge in [-0.1, -0.05) is 13.8 Å². The number of halogens is 2. The summed E-state index contributed by atoms with van der Waals surface area (Å²) in [6, 6.07) is 4.44. The first-order valence-corrected chi connectivity index (χ1v) is 9.22. The third-order valence-corrected chi connectivity index (χ3v) is 4.46. The smallest absolute Gasteiger partial charge is 0.339 e. The Morgan fingerprint density at radius 1 is 1.10 bits per heavy atom. The number of ketones is 1. The number of aromatic nitrogens is 3. The summed E-state index contributed by atoms with van der Waals surface area (Å²) in [7, 11) is 0. The highest BCUT2D eigenvalue weighted by atomic mass is 19.2. The number of pyridine rings is 1. The molecule has 0 spiro atoms. The summed E-state index contributed by atoms with van der Waals surface area (Å²) in [5.74, 6) is -3.48. The molecule has 2 aromatic heterocycles. The number of rotatable bonds is 6. The Labute approximate surface area is 166 Å². The first-order chi connectivity index (χ1) is 13.7. The zero-order valence-corrected chi connectivity index (χ0v) is 16.6. The van der Waals surface area contributed by atoms with Gasteiger partial charge in [-0.25, -0.2) is 23.2 Å². The maximum atomic E-state index is 13.3. The van der Waals surface area contributed by atoms with Gasteiger partial charge in [0.15, 0.2) is 29.7 Å². The second-order valence-electron chi connectivity index (χ2n) is 7.30. The quantitative estimate of drug-likeness (QED) is 0.451. The first-order valence-electron chi connectivity index (χ1n) is 9.22. The topological polar surface area (TPSA) is 74.1 Å². The molecule has 0 unspecified atom stereocenters. The normalized spacial score (nSPS) is 11.4. The molecule has 3 aromatic rings. The van der Waals surface area contributed by atoms with Crippen molar-refractivity contribution in [3.05, 3.63) is 58.9 Å². The standard InChI is InChI=1S/C21H21F2N3O3/c1-11(2)18-8-14(15-9-24-26(12(3)4)20(15)25-18)21(28)29-10-19(27)13-5-6-16(22)17(23)7-13/h5-9,11-12H,10H2,1-4H3. The van der Waals surface area contributed by atoms with Crippen LogP contribution in [0.4, 0.5) is 8.78 Å². The molecule has 0 saturated carbocycles. The SMILES string of the molecule is CC(C)c1cc(C(=O)OCC(=O)c2ccc(F)c(F)c2)c2cnn(C(C)C)c2n1. The van der Waals surface area contributed by atoms with E-state index < -0.39 is 30.0 Å². The minimum Gasteiger partial charge on any atom is -0.454 e. The Kier molecular flexibility index (Phi) is 5.72. The molecule has 0 bridgehead atoms. The fourth-order valence-corrected chi connectivity index (χ4v) is 2.84. The Bertz CT molecular complexity index is 1090. The third-order valence-electron chi connectivity index (χ3n) is 4.46. The van der Waals surface area contributed by atoms with Crippen molar-refractivity contribution < 1.29 is 23.1 Å². The Morgan fingerprint density at radius 2 is 1.83 bits per heavy atom. The van der Waals surface area contributed by atoms with Gasteiger partial charge in [-0.3, -0.25) is 4.79 Å². The second kappa shape index (κ2) is 8.06. The minimum atomic E-state index is -1.14. The molecule has 3 rings (SSSR count). The number of benzene rings is 1. The molecule has 0 amide bonds. The molecule has 0 aliphatic heterocycles. The van der Waals surface area contributed by atoms with Gasteiger partial charge in [-0.15, -0.1) is 0 Å². The average Bonchev–Trinajstić information content (AvgIpc) is 3.11. The van der Waals surface area contributed by atoms with Crippen molar-refractivity contribution in [2.75, 3.05) is 6.61 Å². The highest BCUT2D eigenvalue weighted by Gasteiger charge is 2.21. The lowest BCUT2D eigenvalue weighted by atomic mass is 10.1. The molecule has 6 nitrogen and oxygen atoms in total. The first kappa shape index (κ1) is 20.6. The van der Waals surface area contributed by atoms with Crippen LogP contribution in [0.25, 0.3) is 11.0 Å². The predicted octanol–water partition coefficient (Wildman–Crippen LogP) is 4.45. The van der Waals surface area contributed by atoms with E-state index in [0.29, 0.717) is 16.7 Å². The van der Waals surface area contributed by atoms with Crippen molar-refractivity contribution in [2.24, 2.45) is 0 Å². The number of nitrogens with zero attached hydrogens (tertiary/aromatic N) is 3. The lowest BCUT2D eigenvalue weighted by Gasteiger charge is -2.12. The third kappa shape index (κ3) is 4.16. The van der Waals surface area contributed by atoms with E-state index in [1.807, 2.05) is 27.7 Å². The van der Waals surface area contributed by atoms with Crippen LogP contribution in [-0.4, -0.2) is 33.1 Å². The molecular weight excluding hydrogens is 380 g/mol. The summed E-state index contributed by atoms with van der Waals surface area (Å²) in [5, 5.41) is 4.82. The van der Waals surface area contributed by atoms with E-state index in [1.165, 1.54) is 0 Å². The van der Waals surface area contributed by atoms with E-state index in [4.69, 9.17) is 4.74 Å². The highest BCUT2D eigenvalue weighted by molar-refractivity contribution is 6.04. The van der Waals surface area contributed by atoms with Gasteiger partial charge in [-0.05, 0) is 44.0 Å². The van der Waals surface area contributed by atoms with Crippen LogP contribution in [-0.2, 0) is 4.74 Å². The van der Waals surface area contributed by atoms with E-state index in [2.05, 4.69) is 10.1 Å². The lowest BCUT2D eigenvalue weighted by molar-refractivity contribution is 0.0476. The van der Waals surface area contributed by atoms with Gasteiger partial charge in [0.2, 0.25) is 0 Å². The summed E-state index contributed by atoms with van der Waals surface area (Å²) in [6.07, 6.45) is 1.54. The summed E-state index contributed by atoms with van der Waals surface area (Å²) in [6.45, 7) is 7.21. The monoisotopic (exact) mass is 401 g/mol. The largest absolute Gasteiger partial charge is 0.454 e. The number of hydrogen-bond acceptors (Lipinski definition) is 5. The van der Waals surface area contributed by atoms with E-state index >= 15 is 0 Å². The summed E-state index contributed by atoms with van der Waals surface area (Å²) in [4.78, 5) is 29.5. The zero-order valence-electron chi connectivity index (χ0n) is 16.6. The molecule has 0 atom stereocenters. The molecule has 0 radical (unpaired) electrons. The molecule has 152 valence electrons. The summed E-state index contributed by atoms with van der Waals surface area (Å²) in [5.41, 5.74) is 1.43. The van der Waals surface area contributed by atoms with Gasteiger partial charge < -0.3 is 4.74 Å². The maximum Gasteiger partial charge on any atom is 0.339 e. The number of hydrogen-bond donors (Lipinski definition) is 0. The molecule has 29 heavy (non-hydrogen) atoms. The van der Waals surface area contributed by atoms with Gasteiger partial charge in [0.25, 0.3) is 0 Å². The number of carbonyl (C=O) groups is 2.